The predicted molar refractivity (Wildman–Crippen MR) is 77.0 cm³/mol. The summed E-state index contributed by atoms with van der Waals surface area (Å²) in [6.45, 7) is 6.54. The molecule has 0 radical (unpaired) electrons. The zero-order chi connectivity index (χ0) is 13.8. The van der Waals surface area contributed by atoms with E-state index in [1.165, 1.54) is 0 Å². The maximum absolute atomic E-state index is 6.12. The molecule has 0 aromatic heterocycles. The van der Waals surface area contributed by atoms with Crippen molar-refractivity contribution >= 4 is 23.2 Å². The van der Waals surface area contributed by atoms with E-state index in [2.05, 4.69) is 5.43 Å². The van der Waals surface area contributed by atoms with Crippen LogP contribution in [0, 0.1) is 0 Å². The van der Waals surface area contributed by atoms with Crippen molar-refractivity contribution in [2.45, 2.75) is 38.8 Å². The van der Waals surface area contributed by atoms with Crippen LogP contribution < -0.4 is 11.3 Å². The lowest BCUT2D eigenvalue weighted by Crippen LogP contribution is -2.42. The molecule has 0 saturated carbocycles. The van der Waals surface area contributed by atoms with Crippen molar-refractivity contribution in [1.29, 1.82) is 0 Å². The van der Waals surface area contributed by atoms with Crippen molar-refractivity contribution < 1.29 is 4.74 Å². The van der Waals surface area contributed by atoms with Crippen molar-refractivity contribution in [2.24, 2.45) is 5.84 Å². The summed E-state index contributed by atoms with van der Waals surface area (Å²) in [7, 11) is 0. The molecule has 1 aromatic rings. The molecule has 1 rings (SSSR count). The fourth-order valence-corrected chi connectivity index (χ4v) is 1.87. The molecule has 0 aliphatic carbocycles. The quantitative estimate of drug-likeness (QED) is 0.647. The molecule has 0 fully saturated rings. The van der Waals surface area contributed by atoms with Gasteiger partial charge in [-0.3, -0.25) is 11.3 Å². The molecular weight excluding hydrogens is 271 g/mol. The zero-order valence-corrected chi connectivity index (χ0v) is 12.5. The molecule has 0 aliphatic rings. The standard InChI is InChI=1S/C13H20Cl2N2O/c1-13(2,3)18-8-11(17-16)7-9-6-10(14)4-5-12(9)15/h4-6,11,17H,7-8,16H2,1-3H3. The fraction of sp³-hybridized carbons (Fsp3) is 0.538. The van der Waals surface area contributed by atoms with Crippen molar-refractivity contribution in [3.05, 3.63) is 33.8 Å². The molecule has 5 heteroatoms. The van der Waals surface area contributed by atoms with Crippen LogP contribution in [0.25, 0.3) is 0 Å². The predicted octanol–water partition coefficient (Wildman–Crippen LogP) is 3.18. The van der Waals surface area contributed by atoms with Crippen molar-refractivity contribution in [1.82, 2.24) is 5.43 Å². The van der Waals surface area contributed by atoms with E-state index in [-0.39, 0.29) is 11.6 Å². The first-order chi connectivity index (χ1) is 8.31. The number of nitrogens with two attached hydrogens (primary N) is 1. The number of halogens is 2. The van der Waals surface area contributed by atoms with Crippen LogP contribution in [0.15, 0.2) is 18.2 Å². The summed E-state index contributed by atoms with van der Waals surface area (Å²) in [5.41, 5.74) is 3.52. The van der Waals surface area contributed by atoms with Crippen molar-refractivity contribution in [3.63, 3.8) is 0 Å². The molecule has 1 unspecified atom stereocenters. The Hall–Kier alpha value is -0.320. The fourth-order valence-electron chi connectivity index (χ4n) is 1.48. The first kappa shape index (κ1) is 15.7. The van der Waals surface area contributed by atoms with Crippen LogP contribution in [0.2, 0.25) is 10.0 Å². The highest BCUT2D eigenvalue weighted by Gasteiger charge is 2.16. The SMILES string of the molecule is CC(C)(C)OCC(Cc1cc(Cl)ccc1Cl)NN. The summed E-state index contributed by atoms with van der Waals surface area (Å²) in [6, 6.07) is 5.41. The largest absolute Gasteiger partial charge is 0.374 e. The normalized spacial score (nSPS) is 13.7. The van der Waals surface area contributed by atoms with Crippen LogP contribution in [0.5, 0.6) is 0 Å². The van der Waals surface area contributed by atoms with Gasteiger partial charge in [0.05, 0.1) is 12.2 Å². The average molecular weight is 291 g/mol. The van der Waals surface area contributed by atoms with E-state index in [1.54, 1.807) is 12.1 Å². The smallest absolute Gasteiger partial charge is 0.0643 e. The van der Waals surface area contributed by atoms with Crippen LogP contribution in [0.3, 0.4) is 0 Å². The van der Waals surface area contributed by atoms with Gasteiger partial charge in [0, 0.05) is 16.1 Å². The van der Waals surface area contributed by atoms with Gasteiger partial charge >= 0.3 is 0 Å². The minimum absolute atomic E-state index is 0.000177. The number of hydrazine groups is 1. The molecule has 18 heavy (non-hydrogen) atoms. The maximum Gasteiger partial charge on any atom is 0.0643 e. The van der Waals surface area contributed by atoms with E-state index in [4.69, 9.17) is 33.8 Å². The van der Waals surface area contributed by atoms with Gasteiger partial charge in [-0.25, -0.2) is 0 Å². The number of benzene rings is 1. The third kappa shape index (κ3) is 5.55. The van der Waals surface area contributed by atoms with Gasteiger partial charge in [-0.05, 0) is 51.0 Å². The number of ether oxygens (including phenoxy) is 1. The van der Waals surface area contributed by atoms with Gasteiger partial charge in [-0.2, -0.15) is 0 Å². The lowest BCUT2D eigenvalue weighted by molar-refractivity contribution is -0.0143. The van der Waals surface area contributed by atoms with Gasteiger partial charge in [-0.1, -0.05) is 23.2 Å². The molecule has 0 aliphatic heterocycles. The minimum Gasteiger partial charge on any atom is -0.374 e. The monoisotopic (exact) mass is 290 g/mol. The van der Waals surface area contributed by atoms with E-state index in [1.807, 2.05) is 26.8 Å². The highest BCUT2D eigenvalue weighted by molar-refractivity contribution is 6.33. The van der Waals surface area contributed by atoms with Gasteiger partial charge in [0.1, 0.15) is 0 Å². The third-order valence-corrected chi connectivity index (χ3v) is 3.03. The summed E-state index contributed by atoms with van der Waals surface area (Å²) in [4.78, 5) is 0. The molecule has 1 aromatic carbocycles. The van der Waals surface area contributed by atoms with E-state index >= 15 is 0 Å². The number of nitrogens with one attached hydrogen (secondary N) is 1. The van der Waals surface area contributed by atoms with Gasteiger partial charge in [0.25, 0.3) is 0 Å². The Kier molecular flexibility index (Phi) is 5.89. The van der Waals surface area contributed by atoms with Crippen molar-refractivity contribution in [3.8, 4) is 0 Å². The number of hydrogen-bond acceptors (Lipinski definition) is 3. The third-order valence-electron chi connectivity index (χ3n) is 2.43. The van der Waals surface area contributed by atoms with Gasteiger partial charge in [-0.15, -0.1) is 0 Å². The van der Waals surface area contributed by atoms with Crippen LogP contribution in [0.4, 0.5) is 0 Å². The molecule has 0 spiro atoms. The second-order valence-electron chi connectivity index (χ2n) is 5.23. The maximum atomic E-state index is 6.12. The topological polar surface area (TPSA) is 47.3 Å². The highest BCUT2D eigenvalue weighted by atomic mass is 35.5. The second kappa shape index (κ2) is 6.73. The summed E-state index contributed by atoms with van der Waals surface area (Å²) >= 11 is 12.1. The van der Waals surface area contributed by atoms with E-state index < -0.39 is 0 Å². The average Bonchev–Trinajstić information content (AvgIpc) is 2.27. The van der Waals surface area contributed by atoms with Gasteiger partial charge in [0.2, 0.25) is 0 Å². The summed E-state index contributed by atoms with van der Waals surface area (Å²) in [5, 5.41) is 1.36. The minimum atomic E-state index is -0.187. The number of hydrogen-bond donors (Lipinski definition) is 2. The van der Waals surface area contributed by atoms with E-state index in [9.17, 15) is 0 Å². The Morgan fingerprint density at radius 2 is 2.00 bits per heavy atom. The Morgan fingerprint density at radius 1 is 1.33 bits per heavy atom. The summed E-state index contributed by atoms with van der Waals surface area (Å²) in [5.74, 6) is 5.53. The van der Waals surface area contributed by atoms with Crippen LogP contribution in [-0.2, 0) is 11.2 Å². The van der Waals surface area contributed by atoms with Crippen LogP contribution in [0.1, 0.15) is 26.3 Å². The second-order valence-corrected chi connectivity index (χ2v) is 6.07. The summed E-state index contributed by atoms with van der Waals surface area (Å²) in [6.07, 6.45) is 0.673. The van der Waals surface area contributed by atoms with Gasteiger partial charge in [0.15, 0.2) is 0 Å². The Morgan fingerprint density at radius 3 is 2.56 bits per heavy atom. The molecular formula is C13H20Cl2N2O. The van der Waals surface area contributed by atoms with E-state index in [0.717, 1.165) is 5.56 Å². The van der Waals surface area contributed by atoms with Gasteiger partial charge < -0.3 is 4.74 Å². The Bertz CT molecular complexity index is 391. The van der Waals surface area contributed by atoms with Crippen molar-refractivity contribution in [2.75, 3.05) is 6.61 Å². The lowest BCUT2D eigenvalue weighted by atomic mass is 10.1. The number of rotatable bonds is 5. The molecule has 0 saturated heterocycles. The van der Waals surface area contributed by atoms with Crippen LogP contribution >= 0.6 is 23.2 Å². The molecule has 1 atom stereocenters. The summed E-state index contributed by atoms with van der Waals surface area (Å²) < 4.78 is 5.71. The molecule has 3 N–H and O–H groups in total. The van der Waals surface area contributed by atoms with E-state index in [0.29, 0.717) is 23.1 Å². The Balaban J connectivity index is 2.65. The first-order valence-corrected chi connectivity index (χ1v) is 6.61. The van der Waals surface area contributed by atoms with Crippen LogP contribution in [-0.4, -0.2) is 18.2 Å². The first-order valence-electron chi connectivity index (χ1n) is 5.86. The highest BCUT2D eigenvalue weighted by Crippen LogP contribution is 2.22. The molecule has 3 nitrogen and oxygen atoms in total. The molecule has 0 bridgehead atoms. The Labute approximate surface area is 119 Å². The molecule has 102 valence electrons. The molecule has 0 amide bonds. The zero-order valence-electron chi connectivity index (χ0n) is 11.0. The lowest BCUT2D eigenvalue weighted by Gasteiger charge is -2.24. The molecule has 0 heterocycles.